The molecule has 121 heavy (non-hydrogen) atoms. The van der Waals surface area contributed by atoms with Crippen LogP contribution in [0.15, 0.2) is 50.6 Å². The Kier molecular flexibility index (Phi) is 34.8. The van der Waals surface area contributed by atoms with E-state index in [2.05, 4.69) is 83.5 Å². The number of aliphatic hydroxyl groups excluding tert-OH is 5. The molecule has 6 fully saturated rings. The lowest BCUT2D eigenvalue weighted by molar-refractivity contribution is -0.234. The van der Waals surface area contributed by atoms with E-state index >= 15 is 0 Å². The first-order valence-corrected chi connectivity index (χ1v) is 33.9. The van der Waals surface area contributed by atoms with E-state index in [1.165, 1.54) is 7.11 Å². The minimum atomic E-state index is -4.55. The number of halogens is 25. The van der Waals surface area contributed by atoms with Gasteiger partial charge in [0, 0.05) is 0 Å². The summed E-state index contributed by atoms with van der Waals surface area (Å²) in [4.78, 5) is 44.6. The molecule has 6 aliphatic rings. The van der Waals surface area contributed by atoms with Crippen molar-refractivity contribution >= 4 is 67.9 Å². The van der Waals surface area contributed by atoms with Crippen LogP contribution in [-0.4, -0.2) is 251 Å². The average molecular weight is 1820 g/mol. The zero-order valence-electron chi connectivity index (χ0n) is 58.9. The van der Waals surface area contributed by atoms with Gasteiger partial charge in [0.05, 0.1) is 52.2 Å². The van der Waals surface area contributed by atoms with E-state index in [-0.39, 0.29) is 131 Å². The van der Waals surface area contributed by atoms with Gasteiger partial charge in [0.15, 0.2) is 63.2 Å². The molecule has 0 aliphatic carbocycles. The normalized spacial score (nSPS) is 27.3. The summed E-state index contributed by atoms with van der Waals surface area (Å²) in [5.41, 5.74) is 10.5. The molecule has 0 saturated carbocycles. The Bertz CT molecular complexity index is 4480. The van der Waals surface area contributed by atoms with Crippen LogP contribution in [0.25, 0.3) is 44.7 Å². The maximum Gasteiger partial charge on any atom is 0.362 e. The van der Waals surface area contributed by atoms with Crippen molar-refractivity contribution in [3.8, 4) is 5.88 Å². The SMILES string of the molecule is C.C.C.C.C.C.CCCC[C@H]1O[C@@H](O)C(F)(F)C1(F)F.CCCC[C@H]1O[C@@H](n2cnc3c(Cl)ncnc32)C(F)(F)C1(F)F.CCCC[C@H]1O[C@H](O)C(F)(F)C1(F)F.COc1ncnc2c1ncn2[C@H]1O[C@H](CO)C(F)(F)C1(F)F.Nc1ncnc2c1ncn2[C@@H]1O[C@H](CO)C(F)(F)C1(F)F.Nc1ncnc2c1ncn2[C@H]1O[C@H](CO)C(F)(F)C1(F)F. The minimum Gasteiger partial charge on any atom is -0.479 e. The Morgan fingerprint density at radius 3 is 0.851 bits per heavy atom. The predicted molar refractivity (Wildman–Crippen MR) is 379 cm³/mol. The number of nitrogen functional groups attached to an aromatic ring is 2. The van der Waals surface area contributed by atoms with Crippen LogP contribution in [0.4, 0.5) is 117 Å². The topological polar surface area (TPSA) is 392 Å². The molecule has 0 spiro atoms. The van der Waals surface area contributed by atoms with Crippen LogP contribution < -0.4 is 16.2 Å². The predicted octanol–water partition coefficient (Wildman–Crippen LogP) is 14.1. The molecular formula is C66H89ClF24N18O12. The summed E-state index contributed by atoms with van der Waals surface area (Å²) in [5, 5.41) is 43.6. The highest BCUT2D eigenvalue weighted by atomic mass is 35.5. The van der Waals surface area contributed by atoms with Gasteiger partial charge in [0.2, 0.25) is 43.4 Å². The standard InChI is InChI=1S/C13H13ClF4N4O.C11H10F4N4O3.2C10H9F4N5O2.2C8H12F4O2.6CH4/c1-2-3-4-7-12(15,16)13(17,18)11(23-7)22-6-21-8-9(14)19-5-20-10(8)22;1-21-8-6-7(16-3-17-8)19(4-18-6)9-11(14,15)10(12,13)5(2-20)22-9;2*11-9(12)4(1-20)21-8(10(9,13)14)19-3-18-5-6(15)16-2-17-7(5)19;2*1-2-3-4-5-7(9,10)8(11,12)6(13)14-5;;;;;;/h5-7,11H,2-4H2,1H3;3-5,9,20H,2H2,1H3;2*2-4,8,20H,1H2,(H2,15,16,17);2*5-6,13H,2-4H2,1H3;6*1H4/t7-,11-;5-,9+;4-,8+;4-,8-;5-,6+;5-,6-;;;;;;/m111111....../s1. The number of nitrogens with zero attached hydrogens (tertiary/aromatic N) is 16. The summed E-state index contributed by atoms with van der Waals surface area (Å²) in [5.74, 6) is -53.6. The van der Waals surface area contributed by atoms with Crippen molar-refractivity contribution in [3.63, 3.8) is 0 Å². The number of methoxy groups -OCH3 is 1. The summed E-state index contributed by atoms with van der Waals surface area (Å²) in [6, 6.07) is 0. The number of alkyl halides is 24. The second kappa shape index (κ2) is 39.3. The Morgan fingerprint density at radius 2 is 0.579 bits per heavy atom. The van der Waals surface area contributed by atoms with Crippen LogP contribution >= 0.6 is 11.6 Å². The molecule has 8 aromatic rings. The number of aromatic nitrogens is 16. The fraction of sp³-hybridized carbons (Fsp3) is 0.697. The summed E-state index contributed by atoms with van der Waals surface area (Å²) >= 11 is 5.80. The molecule has 6 aliphatic heterocycles. The van der Waals surface area contributed by atoms with Crippen molar-refractivity contribution in [2.24, 2.45) is 0 Å². The lowest BCUT2D eigenvalue weighted by atomic mass is 10.0. The molecule has 55 heteroatoms. The monoisotopic (exact) mass is 1820 g/mol. The van der Waals surface area contributed by atoms with E-state index in [1.54, 1.807) is 20.8 Å². The highest BCUT2D eigenvalue weighted by Crippen LogP contribution is 2.58. The van der Waals surface area contributed by atoms with E-state index in [0.717, 1.165) is 55.2 Å². The van der Waals surface area contributed by atoms with Crippen LogP contribution in [0, 0.1) is 0 Å². The number of unbranched alkanes of at least 4 members (excludes halogenated alkanes) is 3. The molecular weight excluding hydrogens is 1730 g/mol. The molecule has 690 valence electrons. The average Bonchev–Trinajstić information content (AvgIpc) is 1.58. The Morgan fingerprint density at radius 1 is 0.339 bits per heavy atom. The fourth-order valence-electron chi connectivity index (χ4n) is 11.8. The Labute approximate surface area is 676 Å². The summed E-state index contributed by atoms with van der Waals surface area (Å²) in [6.07, 6.45) is -17.2. The largest absolute Gasteiger partial charge is 0.479 e. The number of anilines is 2. The van der Waals surface area contributed by atoms with Crippen molar-refractivity contribution in [2.75, 3.05) is 38.4 Å². The zero-order chi connectivity index (χ0) is 85.7. The molecule has 0 bridgehead atoms. The number of rotatable bonds is 17. The van der Waals surface area contributed by atoms with Crippen molar-refractivity contribution in [3.05, 3.63) is 55.8 Å². The van der Waals surface area contributed by atoms with Crippen LogP contribution in [0.5, 0.6) is 5.88 Å². The molecule has 0 aromatic carbocycles. The molecule has 0 unspecified atom stereocenters. The Balaban J connectivity index is 0.000000375. The van der Waals surface area contributed by atoms with Crippen LogP contribution in [-0.2, 0) is 28.4 Å². The second-order valence-electron chi connectivity index (χ2n) is 25.7. The second-order valence-corrected chi connectivity index (χ2v) is 26.0. The number of ether oxygens (including phenoxy) is 7. The first-order valence-electron chi connectivity index (χ1n) is 33.5. The van der Waals surface area contributed by atoms with Gasteiger partial charge in [-0.1, -0.05) is 115 Å². The third-order valence-electron chi connectivity index (χ3n) is 18.3. The van der Waals surface area contributed by atoms with E-state index in [9.17, 15) is 105 Å². The molecule has 9 N–H and O–H groups in total. The van der Waals surface area contributed by atoms with Crippen LogP contribution in [0.2, 0.25) is 5.15 Å². The smallest absolute Gasteiger partial charge is 0.362 e. The van der Waals surface area contributed by atoms with Gasteiger partial charge in [0.1, 0.15) is 60.2 Å². The summed E-state index contributed by atoms with van der Waals surface area (Å²) < 4.78 is 359. The van der Waals surface area contributed by atoms with Crippen molar-refractivity contribution in [2.45, 2.75) is 268 Å². The summed E-state index contributed by atoms with van der Waals surface area (Å²) in [6.45, 7) is 1.55. The fourth-order valence-corrected chi connectivity index (χ4v) is 12.0. The molecule has 12 atom stereocenters. The number of hydrogen-bond acceptors (Lipinski definition) is 26. The molecule has 14 rings (SSSR count). The minimum absolute atomic E-state index is 0. The van der Waals surface area contributed by atoms with Crippen molar-refractivity contribution in [1.29, 1.82) is 0 Å². The highest BCUT2D eigenvalue weighted by molar-refractivity contribution is 6.33. The number of aliphatic hydroxyl groups is 5. The van der Waals surface area contributed by atoms with Gasteiger partial charge in [-0.3, -0.25) is 18.3 Å². The molecule has 30 nitrogen and oxygen atoms in total. The van der Waals surface area contributed by atoms with Crippen LogP contribution in [0.1, 0.15) is 148 Å². The van der Waals surface area contributed by atoms with Crippen LogP contribution in [0.3, 0.4) is 0 Å². The molecule has 6 saturated heterocycles. The lowest BCUT2D eigenvalue weighted by Gasteiger charge is -2.23. The number of imidazole rings is 4. The Hall–Kier alpha value is -8.23. The van der Waals surface area contributed by atoms with Gasteiger partial charge >= 0.3 is 71.1 Å². The van der Waals surface area contributed by atoms with E-state index < -0.39 is 165 Å². The zero-order valence-corrected chi connectivity index (χ0v) is 59.6. The molecule has 14 heterocycles. The maximum atomic E-state index is 14.3. The van der Waals surface area contributed by atoms with Gasteiger partial charge in [-0.15, -0.1) is 0 Å². The number of nitrogens with two attached hydrogens (primary N) is 2. The third kappa shape index (κ3) is 18.5. The van der Waals surface area contributed by atoms with Gasteiger partial charge in [-0.25, -0.2) is 54.8 Å². The summed E-state index contributed by atoms with van der Waals surface area (Å²) in [7, 11) is 1.29. The highest BCUT2D eigenvalue weighted by Gasteiger charge is 2.78. The number of fused-ring (bicyclic) bond motifs is 4. The van der Waals surface area contributed by atoms with E-state index in [0.29, 0.717) is 52.2 Å². The van der Waals surface area contributed by atoms with Gasteiger partial charge < -0.3 is 70.2 Å². The van der Waals surface area contributed by atoms with Crippen molar-refractivity contribution < 1.29 is 164 Å². The number of hydrogen-bond donors (Lipinski definition) is 7. The first-order chi connectivity index (χ1) is 53.4. The third-order valence-corrected chi connectivity index (χ3v) is 18.6. The first kappa shape index (κ1) is 107. The molecule has 8 aromatic heterocycles. The van der Waals surface area contributed by atoms with Gasteiger partial charge in [0.25, 0.3) is 0 Å². The maximum absolute atomic E-state index is 14.3. The quantitative estimate of drug-likeness (QED) is 0.0329. The molecule has 0 amide bonds. The van der Waals surface area contributed by atoms with Gasteiger partial charge in [-0.2, -0.15) is 110 Å². The molecule has 0 radical (unpaired) electrons. The lowest BCUT2D eigenvalue weighted by Crippen LogP contribution is -2.46. The van der Waals surface area contributed by atoms with E-state index in [4.69, 9.17) is 58.1 Å². The van der Waals surface area contributed by atoms with Crippen molar-refractivity contribution in [1.82, 2.24) is 78.1 Å². The van der Waals surface area contributed by atoms with E-state index in [1.807, 2.05) is 0 Å². The van der Waals surface area contributed by atoms with Gasteiger partial charge in [-0.05, 0) is 19.3 Å².